The Morgan fingerprint density at radius 1 is 1.30 bits per heavy atom. The van der Waals surface area contributed by atoms with Crippen molar-refractivity contribution in [3.63, 3.8) is 0 Å². The minimum atomic E-state index is 0. The average molecular weight is 415 g/mol. The molecule has 1 fully saturated rings. The van der Waals surface area contributed by atoms with Gasteiger partial charge in [-0.3, -0.25) is 0 Å². The summed E-state index contributed by atoms with van der Waals surface area (Å²) in [6.07, 6.45) is 8.68. The number of aliphatic hydroxyl groups excluding tert-OH is 1. The van der Waals surface area contributed by atoms with Crippen LogP contribution in [-0.2, 0) is 11.2 Å². The molecule has 0 saturated carbocycles. The first-order valence-electron chi connectivity index (χ1n) is 11.3. The Morgan fingerprint density at radius 2 is 2.07 bits per heavy atom. The lowest BCUT2D eigenvalue weighted by molar-refractivity contribution is 0.141. The molecule has 30 heavy (non-hydrogen) atoms. The molecule has 1 saturated heterocycles. The monoisotopic (exact) mass is 414 g/mol. The summed E-state index contributed by atoms with van der Waals surface area (Å²) in [5, 5.41) is 8.47. The summed E-state index contributed by atoms with van der Waals surface area (Å²) in [4.78, 5) is 0. The van der Waals surface area contributed by atoms with Gasteiger partial charge in [0, 0.05) is 7.85 Å². The van der Waals surface area contributed by atoms with Crippen LogP contribution in [0.15, 0.2) is 55.2 Å². The van der Waals surface area contributed by atoms with Crippen LogP contribution in [0.25, 0.3) is 0 Å². The molecule has 0 bridgehead atoms. The lowest BCUT2D eigenvalue weighted by Gasteiger charge is -2.31. The van der Waals surface area contributed by atoms with Gasteiger partial charge in [-0.05, 0) is 65.3 Å². The van der Waals surface area contributed by atoms with E-state index in [9.17, 15) is 0 Å². The third kappa shape index (κ3) is 6.58. The van der Waals surface area contributed by atoms with Gasteiger partial charge in [-0.15, -0.1) is 0 Å². The molecule has 1 heterocycles. The van der Waals surface area contributed by atoms with E-state index >= 15 is 0 Å². The van der Waals surface area contributed by atoms with Crippen LogP contribution in [0.3, 0.4) is 0 Å². The highest BCUT2D eigenvalue weighted by Crippen LogP contribution is 2.43. The predicted molar refractivity (Wildman–Crippen MR) is 128 cm³/mol. The van der Waals surface area contributed by atoms with E-state index in [2.05, 4.69) is 59.1 Å². The summed E-state index contributed by atoms with van der Waals surface area (Å²) in [6.45, 7) is 18.1. The van der Waals surface area contributed by atoms with Crippen molar-refractivity contribution in [1.82, 2.24) is 0 Å². The first-order valence-corrected chi connectivity index (χ1v) is 11.3. The smallest absolute Gasteiger partial charge is 0.124 e. The molecule has 0 amide bonds. The van der Waals surface area contributed by atoms with E-state index in [1.807, 2.05) is 0 Å². The quantitative estimate of drug-likeness (QED) is 0.436. The Bertz CT molecular complexity index is 719. The van der Waals surface area contributed by atoms with Crippen LogP contribution in [0.5, 0.6) is 5.75 Å². The number of rotatable bonds is 6. The molecule has 0 spiro atoms. The maximum absolute atomic E-state index is 8.47. The lowest BCUT2D eigenvalue weighted by atomic mass is 9.74. The Kier molecular flexibility index (Phi) is 9.87. The second-order valence-corrected chi connectivity index (χ2v) is 8.95. The van der Waals surface area contributed by atoms with E-state index in [1.165, 1.54) is 24.0 Å². The number of allylic oxidation sites excluding steroid dienone is 2. The molecule has 1 N–H and O–H groups in total. The van der Waals surface area contributed by atoms with Crippen molar-refractivity contribution in [2.45, 2.75) is 59.0 Å². The van der Waals surface area contributed by atoms with Gasteiger partial charge in [0.15, 0.2) is 0 Å². The van der Waals surface area contributed by atoms with Crippen molar-refractivity contribution in [3.8, 4) is 5.75 Å². The van der Waals surface area contributed by atoms with Crippen LogP contribution in [-0.4, -0.2) is 31.0 Å². The van der Waals surface area contributed by atoms with Crippen LogP contribution in [0.2, 0.25) is 0 Å². The molecule has 2 aliphatic rings. The third-order valence-corrected chi connectivity index (χ3v) is 6.50. The first kappa shape index (κ1) is 24.4. The average Bonchev–Trinajstić information content (AvgIpc) is 3.20. The second kappa shape index (κ2) is 12.1. The fourth-order valence-corrected chi connectivity index (χ4v) is 4.57. The maximum atomic E-state index is 8.47. The van der Waals surface area contributed by atoms with Crippen molar-refractivity contribution in [2.75, 3.05) is 19.8 Å². The predicted octanol–water partition coefficient (Wildman–Crippen LogP) is 6.34. The minimum absolute atomic E-state index is 0. The summed E-state index contributed by atoms with van der Waals surface area (Å²) in [7, 11) is 0. The Morgan fingerprint density at radius 3 is 2.60 bits per heavy atom. The maximum Gasteiger partial charge on any atom is 0.124 e. The number of aliphatic hydroxyl groups is 1. The lowest BCUT2D eigenvalue weighted by Crippen LogP contribution is -2.21. The molecule has 1 unspecified atom stereocenters. The largest absolute Gasteiger partial charge is 0.488 e. The Labute approximate surface area is 185 Å². The number of hydrogen-bond donors (Lipinski definition) is 1. The molecule has 0 radical (unpaired) electrons. The summed E-state index contributed by atoms with van der Waals surface area (Å²) in [5.41, 5.74) is 3.85. The standard InChI is InChI=1S/C20H30O2.C7H10O.H2/c1-13(2)20-15(4)14(3)5-6-16-7-8-17(11-19(16)20)22-18-9-10-21-12-18;1-3-5-7(4-2)6-8;/h7-8,11,13-15,18,20H,5-6,9-10,12H2,1-4H3;3-5,8H,1-2,6H2;1H/b;7-5+;/t14-,15+,18?,20-;;/m1../s1. The van der Waals surface area contributed by atoms with Gasteiger partial charge < -0.3 is 14.6 Å². The normalized spacial score (nSPS) is 26.3. The molecule has 0 aromatic heterocycles. The van der Waals surface area contributed by atoms with Gasteiger partial charge in [0.25, 0.3) is 0 Å². The van der Waals surface area contributed by atoms with E-state index < -0.39 is 0 Å². The highest BCUT2D eigenvalue weighted by molar-refractivity contribution is 5.40. The minimum Gasteiger partial charge on any atom is -0.488 e. The number of benzene rings is 1. The van der Waals surface area contributed by atoms with E-state index in [1.54, 1.807) is 18.2 Å². The van der Waals surface area contributed by atoms with Gasteiger partial charge in [0.05, 0.1) is 19.8 Å². The zero-order valence-corrected chi connectivity index (χ0v) is 19.3. The van der Waals surface area contributed by atoms with Gasteiger partial charge in [-0.2, -0.15) is 0 Å². The molecule has 1 aliphatic heterocycles. The van der Waals surface area contributed by atoms with E-state index in [0.717, 1.165) is 42.8 Å². The van der Waals surface area contributed by atoms with Crippen LogP contribution in [0.1, 0.15) is 59.0 Å². The van der Waals surface area contributed by atoms with Gasteiger partial charge >= 0.3 is 0 Å². The first-order chi connectivity index (χ1) is 14.4. The van der Waals surface area contributed by atoms with Gasteiger partial charge in [-0.1, -0.05) is 65.1 Å². The molecular formula is C27H42O3. The fraction of sp³-hybridized carbons (Fsp3) is 0.556. The van der Waals surface area contributed by atoms with Crippen LogP contribution in [0.4, 0.5) is 0 Å². The summed E-state index contributed by atoms with van der Waals surface area (Å²) in [6, 6.07) is 6.79. The SMILES string of the molecule is C=C/C=C(\C=C)CO.CC(C)[C@H]1c2cc(OC3CCOC3)ccc2CC[C@@H](C)[C@@H]1C.[HH]. The van der Waals surface area contributed by atoms with Crippen molar-refractivity contribution in [2.24, 2.45) is 17.8 Å². The van der Waals surface area contributed by atoms with Crippen LogP contribution >= 0.6 is 0 Å². The second-order valence-electron chi connectivity index (χ2n) is 8.95. The topological polar surface area (TPSA) is 38.7 Å². The third-order valence-electron chi connectivity index (χ3n) is 6.50. The number of hydrogen-bond acceptors (Lipinski definition) is 3. The molecule has 3 rings (SSSR count). The molecule has 3 heteroatoms. The highest BCUT2D eigenvalue weighted by atomic mass is 16.5. The zero-order valence-electron chi connectivity index (χ0n) is 19.3. The number of ether oxygens (including phenoxy) is 2. The molecular weight excluding hydrogens is 372 g/mol. The molecule has 1 aromatic carbocycles. The van der Waals surface area contributed by atoms with Crippen molar-refractivity contribution in [1.29, 1.82) is 0 Å². The summed E-state index contributed by atoms with van der Waals surface area (Å²) in [5.74, 6) is 3.84. The van der Waals surface area contributed by atoms with Crippen molar-refractivity contribution < 1.29 is 16.0 Å². The molecule has 168 valence electrons. The number of fused-ring (bicyclic) bond motifs is 1. The van der Waals surface area contributed by atoms with Gasteiger partial charge in [-0.25, -0.2) is 0 Å². The Hall–Kier alpha value is -1.84. The molecule has 1 aliphatic carbocycles. The highest BCUT2D eigenvalue weighted by Gasteiger charge is 2.31. The van der Waals surface area contributed by atoms with Crippen molar-refractivity contribution in [3.05, 3.63) is 66.3 Å². The molecule has 4 atom stereocenters. The fourth-order valence-electron chi connectivity index (χ4n) is 4.57. The van der Waals surface area contributed by atoms with Crippen LogP contribution < -0.4 is 4.74 Å². The Balaban J connectivity index is 0.000000461. The number of aryl methyl sites for hydroxylation is 1. The van der Waals surface area contributed by atoms with Gasteiger partial charge in [0.2, 0.25) is 0 Å². The van der Waals surface area contributed by atoms with E-state index in [-0.39, 0.29) is 14.1 Å². The zero-order chi connectivity index (χ0) is 22.1. The van der Waals surface area contributed by atoms with E-state index in [4.69, 9.17) is 14.6 Å². The van der Waals surface area contributed by atoms with Gasteiger partial charge in [0.1, 0.15) is 11.9 Å². The molecule has 1 aromatic rings. The summed E-state index contributed by atoms with van der Waals surface area (Å²) >= 11 is 0. The van der Waals surface area contributed by atoms with E-state index in [0.29, 0.717) is 11.8 Å². The molecule has 3 nitrogen and oxygen atoms in total. The van der Waals surface area contributed by atoms with Crippen molar-refractivity contribution >= 4 is 0 Å². The summed E-state index contributed by atoms with van der Waals surface area (Å²) < 4.78 is 11.6. The van der Waals surface area contributed by atoms with Crippen LogP contribution in [0, 0.1) is 17.8 Å².